The van der Waals surface area contributed by atoms with Gasteiger partial charge in [-0.05, 0) is 52.7 Å². The molecule has 0 amide bonds. The molecule has 0 aliphatic rings. The smallest absolute Gasteiger partial charge is 0.212 e. The van der Waals surface area contributed by atoms with E-state index in [1.807, 2.05) is 66.0 Å². The van der Waals surface area contributed by atoms with E-state index >= 15 is 0 Å². The van der Waals surface area contributed by atoms with E-state index in [4.69, 9.17) is 23.7 Å². The monoisotopic (exact) mass is 515 g/mol. The molecule has 0 N–H and O–H groups in total. The molecule has 0 bridgehead atoms. The fraction of sp³-hybridized carbons (Fsp3) is 0.167. The quantitative estimate of drug-likeness (QED) is 0.226. The molecule has 0 saturated carbocycles. The lowest BCUT2D eigenvalue weighted by molar-refractivity contribution is 0.398. The Bertz CT molecular complexity index is 1450. The molecule has 7 heteroatoms. The molecule has 0 aliphatic heterocycles. The second-order valence-electron chi connectivity index (χ2n) is 7.87. The third-order valence-corrected chi connectivity index (χ3v) is 6.56. The predicted octanol–water partition coefficient (Wildman–Crippen LogP) is 7.36. The first kappa shape index (κ1) is 25.9. The van der Waals surface area contributed by atoms with Gasteiger partial charge in [-0.2, -0.15) is 11.3 Å². The Morgan fingerprint density at radius 1 is 0.622 bits per heavy atom. The Balaban J connectivity index is 0.000000186. The lowest BCUT2D eigenvalue weighted by Gasteiger charge is -2.15. The Morgan fingerprint density at radius 3 is 2.00 bits per heavy atom. The van der Waals surface area contributed by atoms with Gasteiger partial charge in [0.05, 0.1) is 35.5 Å². The maximum Gasteiger partial charge on any atom is 0.212 e. The number of hydrogen-bond donors (Lipinski definition) is 0. The van der Waals surface area contributed by atoms with Crippen LogP contribution in [0, 0.1) is 0 Å². The molecule has 6 nitrogen and oxygen atoms in total. The van der Waals surface area contributed by atoms with E-state index in [0.717, 1.165) is 56.0 Å². The van der Waals surface area contributed by atoms with Crippen LogP contribution in [0.4, 0.5) is 0 Å². The van der Waals surface area contributed by atoms with E-state index < -0.39 is 0 Å². The summed E-state index contributed by atoms with van der Waals surface area (Å²) in [6.45, 7) is 0. The summed E-state index contributed by atoms with van der Waals surface area (Å²) in [4.78, 5) is 4.27. The van der Waals surface area contributed by atoms with Crippen LogP contribution in [0.2, 0.25) is 0 Å². The van der Waals surface area contributed by atoms with Crippen LogP contribution in [0.5, 0.6) is 28.9 Å². The van der Waals surface area contributed by atoms with Gasteiger partial charge in [-0.15, -0.1) is 0 Å². The molecular weight excluding hydrogens is 486 g/mol. The summed E-state index contributed by atoms with van der Waals surface area (Å²) in [5.74, 6) is 3.91. The van der Waals surface area contributed by atoms with E-state index in [1.165, 1.54) is 0 Å². The van der Waals surface area contributed by atoms with Gasteiger partial charge in [-0.1, -0.05) is 24.3 Å². The minimum absolute atomic E-state index is 0.579. The zero-order valence-electron chi connectivity index (χ0n) is 21.5. The molecule has 2 aromatic heterocycles. The predicted molar refractivity (Wildman–Crippen MR) is 150 cm³/mol. The maximum absolute atomic E-state index is 5.65. The van der Waals surface area contributed by atoms with Crippen LogP contribution in [0.1, 0.15) is 0 Å². The van der Waals surface area contributed by atoms with Gasteiger partial charge in [-0.3, -0.25) is 0 Å². The summed E-state index contributed by atoms with van der Waals surface area (Å²) in [5.41, 5.74) is 4.11. The number of thiophene rings is 1. The van der Waals surface area contributed by atoms with Gasteiger partial charge in [0.2, 0.25) is 5.88 Å². The Hall–Kier alpha value is -4.23. The zero-order valence-corrected chi connectivity index (χ0v) is 22.3. The number of hydrogen-bond acceptors (Lipinski definition) is 7. The number of ether oxygens (including phenoxy) is 5. The van der Waals surface area contributed by atoms with Gasteiger partial charge < -0.3 is 23.7 Å². The summed E-state index contributed by atoms with van der Waals surface area (Å²) >= 11 is 1.67. The highest BCUT2D eigenvalue weighted by Gasteiger charge is 2.15. The van der Waals surface area contributed by atoms with E-state index in [0.29, 0.717) is 5.88 Å². The second-order valence-corrected chi connectivity index (χ2v) is 8.65. The average Bonchev–Trinajstić information content (AvgIpc) is 3.51. The Labute approximate surface area is 221 Å². The topological polar surface area (TPSA) is 59.0 Å². The van der Waals surface area contributed by atoms with Gasteiger partial charge >= 0.3 is 0 Å². The highest BCUT2D eigenvalue weighted by molar-refractivity contribution is 7.08. The Morgan fingerprint density at radius 2 is 1.41 bits per heavy atom. The highest BCUT2D eigenvalue weighted by atomic mass is 32.1. The maximum atomic E-state index is 5.65. The molecule has 0 unspecified atom stereocenters. The average molecular weight is 516 g/mol. The van der Waals surface area contributed by atoms with Crippen LogP contribution < -0.4 is 23.7 Å². The fourth-order valence-corrected chi connectivity index (χ4v) is 4.69. The SMILES string of the molecule is COc1ccc(-c2cc(OC)c3ccccc3c2OC)cn1.COc1ccc(OC)c(-c2ccsc2)c1. The molecule has 0 fully saturated rings. The van der Waals surface area contributed by atoms with Crippen molar-refractivity contribution in [2.75, 3.05) is 35.5 Å². The van der Waals surface area contributed by atoms with Crippen molar-refractivity contribution in [1.29, 1.82) is 0 Å². The molecule has 2 heterocycles. The first-order valence-electron chi connectivity index (χ1n) is 11.5. The molecule has 190 valence electrons. The van der Waals surface area contributed by atoms with Crippen molar-refractivity contribution in [3.8, 4) is 51.1 Å². The van der Waals surface area contributed by atoms with Crippen molar-refractivity contribution in [3.05, 3.63) is 83.7 Å². The van der Waals surface area contributed by atoms with Crippen molar-refractivity contribution < 1.29 is 23.7 Å². The lowest BCUT2D eigenvalue weighted by Crippen LogP contribution is -1.94. The van der Waals surface area contributed by atoms with E-state index in [9.17, 15) is 0 Å². The van der Waals surface area contributed by atoms with Crippen molar-refractivity contribution >= 4 is 22.1 Å². The van der Waals surface area contributed by atoms with Crippen LogP contribution in [0.3, 0.4) is 0 Å². The molecule has 37 heavy (non-hydrogen) atoms. The number of nitrogens with zero attached hydrogens (tertiary/aromatic N) is 1. The number of rotatable bonds is 7. The molecule has 0 saturated heterocycles. The summed E-state index contributed by atoms with van der Waals surface area (Å²) in [6.07, 6.45) is 1.77. The van der Waals surface area contributed by atoms with Crippen LogP contribution >= 0.6 is 11.3 Å². The van der Waals surface area contributed by atoms with Crippen molar-refractivity contribution in [2.24, 2.45) is 0 Å². The van der Waals surface area contributed by atoms with Gasteiger partial charge in [0.1, 0.15) is 23.0 Å². The van der Waals surface area contributed by atoms with Crippen LogP contribution in [-0.2, 0) is 0 Å². The Kier molecular flexibility index (Phi) is 8.48. The molecule has 5 rings (SSSR count). The fourth-order valence-electron chi connectivity index (χ4n) is 4.04. The van der Waals surface area contributed by atoms with Crippen molar-refractivity contribution in [2.45, 2.75) is 0 Å². The van der Waals surface area contributed by atoms with Gasteiger partial charge in [0.25, 0.3) is 0 Å². The standard InChI is InChI=1S/C18H17NO3.C12H12O2S/c1-20-16-10-15(12-8-9-17(21-2)19-11-12)18(22-3)14-7-5-4-6-13(14)16;1-13-10-3-4-12(14-2)11(7-10)9-5-6-15-8-9/h4-11H,1-3H3;3-8H,1-2H3. The first-order valence-corrected chi connectivity index (χ1v) is 12.5. The van der Waals surface area contributed by atoms with Gasteiger partial charge in [-0.25, -0.2) is 4.98 Å². The number of fused-ring (bicyclic) bond motifs is 1. The highest BCUT2D eigenvalue weighted by Crippen LogP contribution is 2.41. The first-order chi connectivity index (χ1) is 18.1. The number of aromatic nitrogens is 1. The van der Waals surface area contributed by atoms with Gasteiger partial charge in [0, 0.05) is 39.7 Å². The van der Waals surface area contributed by atoms with Crippen LogP contribution in [-0.4, -0.2) is 40.5 Å². The molecule has 0 aliphatic carbocycles. The van der Waals surface area contributed by atoms with Crippen molar-refractivity contribution in [1.82, 2.24) is 4.98 Å². The molecule has 0 atom stereocenters. The summed E-state index contributed by atoms with van der Waals surface area (Å²) in [7, 11) is 8.29. The van der Waals surface area contributed by atoms with Crippen molar-refractivity contribution in [3.63, 3.8) is 0 Å². The van der Waals surface area contributed by atoms with E-state index in [1.54, 1.807) is 53.1 Å². The van der Waals surface area contributed by atoms with Gasteiger partial charge in [0.15, 0.2) is 0 Å². The summed E-state index contributed by atoms with van der Waals surface area (Å²) in [5, 5.41) is 6.17. The third-order valence-electron chi connectivity index (χ3n) is 5.88. The van der Waals surface area contributed by atoms with E-state index in [-0.39, 0.29) is 0 Å². The molecule has 0 spiro atoms. The number of methoxy groups -OCH3 is 5. The zero-order chi connectivity index (χ0) is 26.2. The molecule has 5 aromatic rings. The number of pyridine rings is 1. The van der Waals surface area contributed by atoms with Crippen LogP contribution in [0.25, 0.3) is 33.0 Å². The molecule has 3 aromatic carbocycles. The minimum atomic E-state index is 0.579. The number of benzene rings is 3. The lowest BCUT2D eigenvalue weighted by atomic mass is 9.99. The summed E-state index contributed by atoms with van der Waals surface area (Å²) in [6, 6.07) is 21.7. The normalized spacial score (nSPS) is 10.3. The third kappa shape index (κ3) is 5.62. The van der Waals surface area contributed by atoms with Crippen LogP contribution in [0.15, 0.2) is 83.7 Å². The minimum Gasteiger partial charge on any atom is -0.497 e. The van der Waals surface area contributed by atoms with E-state index in [2.05, 4.69) is 16.4 Å². The molecule has 0 radical (unpaired) electrons. The molecular formula is C30H29NO5S. The second kappa shape index (κ2) is 12.1. The largest absolute Gasteiger partial charge is 0.497 e. The summed E-state index contributed by atoms with van der Waals surface area (Å²) < 4.78 is 26.8.